The van der Waals surface area contributed by atoms with Crippen LogP contribution < -0.4 is 0 Å². The molecule has 1 aromatic carbocycles. The number of nitrogens with zero attached hydrogens (tertiary/aromatic N) is 3. The number of allylic oxidation sites excluding steroid dienone is 1. The van der Waals surface area contributed by atoms with Gasteiger partial charge in [0.2, 0.25) is 0 Å². The van der Waals surface area contributed by atoms with E-state index >= 15 is 0 Å². The number of carboxylic acid groups (broad SMARTS) is 1. The Morgan fingerprint density at radius 1 is 1.27 bits per heavy atom. The van der Waals surface area contributed by atoms with Crippen molar-refractivity contribution in [1.29, 1.82) is 0 Å². The summed E-state index contributed by atoms with van der Waals surface area (Å²) in [6.07, 6.45) is 6.66. The van der Waals surface area contributed by atoms with Crippen LogP contribution in [-0.4, -0.2) is 39.1 Å². The Morgan fingerprint density at radius 2 is 2.00 bits per heavy atom. The highest BCUT2D eigenvalue weighted by Gasteiger charge is 2.17. The van der Waals surface area contributed by atoms with Gasteiger partial charge in [0.1, 0.15) is 12.7 Å². The van der Waals surface area contributed by atoms with Crippen LogP contribution in [0, 0.1) is 5.92 Å². The highest BCUT2D eigenvalue weighted by Crippen LogP contribution is 2.24. The van der Waals surface area contributed by atoms with Gasteiger partial charge < -0.3 is 9.84 Å². The topological polar surface area (TPSA) is 77.2 Å². The lowest BCUT2D eigenvalue weighted by molar-refractivity contribution is -0.130. The van der Waals surface area contributed by atoms with E-state index in [2.05, 4.69) is 10.1 Å². The Kier molecular flexibility index (Phi) is 4.29. The summed E-state index contributed by atoms with van der Waals surface area (Å²) in [5, 5.41) is 13.5. The Hall–Kier alpha value is -2.47. The summed E-state index contributed by atoms with van der Waals surface area (Å²) in [4.78, 5) is 15.5. The summed E-state index contributed by atoms with van der Waals surface area (Å²) in [6, 6.07) is 7.28. The summed E-state index contributed by atoms with van der Waals surface area (Å²) in [5.74, 6) is -0.644. The molecule has 3 rings (SSSR count). The van der Waals surface area contributed by atoms with Crippen LogP contribution in [0.3, 0.4) is 0 Å². The number of hydrogen-bond donors (Lipinski definition) is 1. The van der Waals surface area contributed by atoms with E-state index in [9.17, 15) is 9.90 Å². The van der Waals surface area contributed by atoms with Crippen molar-refractivity contribution < 1.29 is 14.6 Å². The van der Waals surface area contributed by atoms with Crippen LogP contribution in [0.2, 0.25) is 0 Å². The number of benzene rings is 1. The minimum atomic E-state index is -0.903. The van der Waals surface area contributed by atoms with Crippen LogP contribution in [0.15, 0.2) is 43.0 Å². The van der Waals surface area contributed by atoms with Crippen molar-refractivity contribution in [2.45, 2.75) is 12.8 Å². The van der Waals surface area contributed by atoms with Crippen molar-refractivity contribution >= 4 is 11.5 Å². The zero-order valence-corrected chi connectivity index (χ0v) is 12.1. The van der Waals surface area contributed by atoms with Crippen LogP contribution in [0.4, 0.5) is 0 Å². The molecule has 1 aliphatic heterocycles. The maximum atomic E-state index is 11.6. The number of rotatable bonds is 4. The Morgan fingerprint density at radius 3 is 2.59 bits per heavy atom. The van der Waals surface area contributed by atoms with Crippen molar-refractivity contribution in [3.05, 3.63) is 48.6 Å². The number of carbonyl (C=O) groups is 1. The van der Waals surface area contributed by atoms with Gasteiger partial charge >= 0.3 is 5.97 Å². The van der Waals surface area contributed by atoms with Crippen molar-refractivity contribution in [2.75, 3.05) is 13.2 Å². The standard InChI is InChI=1S/C16H17N3O3/c20-16(21)15(9-12-5-7-22-8-6-12)13-1-3-14(4-2-13)19-11-17-10-18-19/h1-4,9-12H,5-8H2,(H,20,21)/b15-9+. The fourth-order valence-electron chi connectivity index (χ4n) is 2.54. The summed E-state index contributed by atoms with van der Waals surface area (Å²) in [6.45, 7) is 1.39. The van der Waals surface area contributed by atoms with Crippen LogP contribution in [0.5, 0.6) is 0 Å². The molecule has 0 saturated carbocycles. The van der Waals surface area contributed by atoms with E-state index in [0.29, 0.717) is 24.4 Å². The smallest absolute Gasteiger partial charge is 0.335 e. The summed E-state index contributed by atoms with van der Waals surface area (Å²) in [7, 11) is 0. The van der Waals surface area contributed by atoms with Gasteiger partial charge in [0.15, 0.2) is 0 Å². The van der Waals surface area contributed by atoms with Crippen LogP contribution in [0.1, 0.15) is 18.4 Å². The number of carboxylic acids is 1. The predicted molar refractivity (Wildman–Crippen MR) is 80.5 cm³/mol. The highest BCUT2D eigenvalue weighted by molar-refractivity contribution is 6.15. The number of hydrogen-bond acceptors (Lipinski definition) is 4. The quantitative estimate of drug-likeness (QED) is 0.875. The molecular weight excluding hydrogens is 282 g/mol. The number of aromatic nitrogens is 3. The maximum absolute atomic E-state index is 11.6. The summed E-state index contributed by atoms with van der Waals surface area (Å²) < 4.78 is 6.94. The molecule has 0 radical (unpaired) electrons. The lowest BCUT2D eigenvalue weighted by atomic mass is 9.94. The third kappa shape index (κ3) is 3.23. The van der Waals surface area contributed by atoms with E-state index in [1.54, 1.807) is 23.1 Å². The minimum absolute atomic E-state index is 0.259. The van der Waals surface area contributed by atoms with Gasteiger partial charge in [-0.15, -0.1) is 0 Å². The van der Waals surface area contributed by atoms with Crippen LogP contribution in [0.25, 0.3) is 11.3 Å². The summed E-state index contributed by atoms with van der Waals surface area (Å²) in [5.41, 5.74) is 1.89. The van der Waals surface area contributed by atoms with Crippen molar-refractivity contribution in [2.24, 2.45) is 5.92 Å². The first kappa shape index (κ1) is 14.5. The fourth-order valence-corrected chi connectivity index (χ4v) is 2.54. The van der Waals surface area contributed by atoms with Gasteiger partial charge in [-0.05, 0) is 36.5 Å². The van der Waals surface area contributed by atoms with Crippen molar-refractivity contribution in [3.63, 3.8) is 0 Å². The Bertz CT molecular complexity index is 656. The number of ether oxygens (including phenoxy) is 1. The molecule has 6 heteroatoms. The second-order valence-corrected chi connectivity index (χ2v) is 5.22. The first-order valence-electron chi connectivity index (χ1n) is 7.22. The predicted octanol–water partition coefficient (Wildman–Crippen LogP) is 2.16. The molecule has 1 fully saturated rings. The SMILES string of the molecule is O=C(O)/C(=C/C1CCOCC1)c1ccc(-n2cncn2)cc1. The molecule has 0 amide bonds. The molecule has 2 aromatic rings. The van der Waals surface area contributed by atoms with Gasteiger partial charge in [0.05, 0.1) is 11.3 Å². The molecule has 0 aliphatic carbocycles. The molecule has 0 bridgehead atoms. The van der Waals surface area contributed by atoms with Gasteiger partial charge in [-0.2, -0.15) is 5.10 Å². The third-order valence-corrected chi connectivity index (χ3v) is 3.76. The lowest BCUT2D eigenvalue weighted by Gasteiger charge is -2.19. The average Bonchev–Trinajstić information content (AvgIpc) is 3.08. The van der Waals surface area contributed by atoms with Crippen molar-refractivity contribution in [1.82, 2.24) is 14.8 Å². The van der Waals surface area contributed by atoms with E-state index in [1.165, 1.54) is 6.33 Å². The minimum Gasteiger partial charge on any atom is -0.478 e. The molecule has 0 spiro atoms. The van der Waals surface area contributed by atoms with Gasteiger partial charge in [0.25, 0.3) is 0 Å². The van der Waals surface area contributed by atoms with Gasteiger partial charge in [-0.1, -0.05) is 18.2 Å². The molecule has 22 heavy (non-hydrogen) atoms. The van der Waals surface area contributed by atoms with E-state index in [0.717, 1.165) is 18.5 Å². The number of aliphatic carboxylic acids is 1. The van der Waals surface area contributed by atoms with E-state index in [4.69, 9.17) is 4.74 Å². The monoisotopic (exact) mass is 299 g/mol. The average molecular weight is 299 g/mol. The Balaban J connectivity index is 1.85. The molecule has 1 N–H and O–H groups in total. The zero-order chi connectivity index (χ0) is 15.4. The first-order chi connectivity index (χ1) is 10.7. The fraction of sp³-hybridized carbons (Fsp3) is 0.312. The van der Waals surface area contributed by atoms with Crippen molar-refractivity contribution in [3.8, 4) is 5.69 Å². The molecule has 1 saturated heterocycles. The maximum Gasteiger partial charge on any atom is 0.335 e. The van der Waals surface area contributed by atoms with Crippen LogP contribution >= 0.6 is 0 Å². The van der Waals surface area contributed by atoms with Gasteiger partial charge in [0, 0.05) is 13.2 Å². The van der Waals surface area contributed by atoms with E-state index < -0.39 is 5.97 Å². The summed E-state index contributed by atoms with van der Waals surface area (Å²) >= 11 is 0. The molecule has 114 valence electrons. The second kappa shape index (κ2) is 6.53. The molecule has 1 aromatic heterocycles. The van der Waals surface area contributed by atoms with Gasteiger partial charge in [-0.3, -0.25) is 0 Å². The highest BCUT2D eigenvalue weighted by atomic mass is 16.5. The molecular formula is C16H17N3O3. The third-order valence-electron chi connectivity index (χ3n) is 3.76. The van der Waals surface area contributed by atoms with E-state index in [-0.39, 0.29) is 5.92 Å². The van der Waals surface area contributed by atoms with Crippen LogP contribution in [-0.2, 0) is 9.53 Å². The largest absolute Gasteiger partial charge is 0.478 e. The Labute approximate surface area is 128 Å². The normalized spacial score (nSPS) is 16.6. The van der Waals surface area contributed by atoms with Gasteiger partial charge in [-0.25, -0.2) is 14.5 Å². The molecule has 0 unspecified atom stereocenters. The molecule has 1 aliphatic rings. The zero-order valence-electron chi connectivity index (χ0n) is 12.1. The molecule has 0 atom stereocenters. The second-order valence-electron chi connectivity index (χ2n) is 5.22. The van der Waals surface area contributed by atoms with E-state index in [1.807, 2.05) is 18.2 Å². The lowest BCUT2D eigenvalue weighted by Crippen LogP contribution is -2.15. The first-order valence-corrected chi connectivity index (χ1v) is 7.22. The molecule has 6 nitrogen and oxygen atoms in total. The molecule has 2 heterocycles.